The van der Waals surface area contributed by atoms with Crippen LogP contribution in [0.25, 0.3) is 17.3 Å². The first-order valence-corrected chi connectivity index (χ1v) is 9.37. The number of likely N-dealkylation sites (tertiary alicyclic amines) is 1. The van der Waals surface area contributed by atoms with E-state index in [1.807, 2.05) is 49.9 Å². The molecule has 1 amide bonds. The second kappa shape index (κ2) is 8.65. The highest BCUT2D eigenvalue weighted by Gasteiger charge is 2.34. The molecule has 0 radical (unpaired) electrons. The maximum absolute atomic E-state index is 12.4. The van der Waals surface area contributed by atoms with E-state index >= 15 is 0 Å². The van der Waals surface area contributed by atoms with E-state index in [9.17, 15) is 13.6 Å². The lowest BCUT2D eigenvalue weighted by Crippen LogP contribution is -2.54. The summed E-state index contributed by atoms with van der Waals surface area (Å²) in [5.74, 6) is 0.706. The summed E-state index contributed by atoms with van der Waals surface area (Å²) in [4.78, 5) is 22.2. The molecule has 6 nitrogen and oxygen atoms in total. The molecule has 1 aromatic carbocycles. The number of carbonyl (C=O) groups excluding carboxylic acids is 1. The first-order valence-electron chi connectivity index (χ1n) is 9.37. The summed E-state index contributed by atoms with van der Waals surface area (Å²) in [6.07, 6.45) is 1.20. The fourth-order valence-electron chi connectivity index (χ4n) is 3.30. The van der Waals surface area contributed by atoms with Crippen molar-refractivity contribution >= 4 is 18.7 Å². The van der Waals surface area contributed by atoms with Crippen molar-refractivity contribution in [1.29, 1.82) is 0 Å². The first-order chi connectivity index (χ1) is 13.8. The molecule has 3 rings (SSSR count). The number of imidazole rings is 1. The van der Waals surface area contributed by atoms with E-state index in [1.165, 1.54) is 0 Å². The minimum absolute atomic E-state index is 0.231. The van der Waals surface area contributed by atoms with Crippen LogP contribution in [0.3, 0.4) is 0 Å². The van der Waals surface area contributed by atoms with Crippen LogP contribution in [0.1, 0.15) is 17.0 Å². The number of aryl methyl sites for hydroxylation is 2. The maximum atomic E-state index is 12.4. The van der Waals surface area contributed by atoms with Gasteiger partial charge in [-0.1, -0.05) is 12.1 Å². The number of aliphatic imine (C=N–C) groups is 1. The molecule has 1 aliphatic rings. The Kier molecular flexibility index (Phi) is 6.22. The van der Waals surface area contributed by atoms with Gasteiger partial charge in [0.2, 0.25) is 5.91 Å². The number of rotatable bonds is 7. The molecule has 0 saturated carbocycles. The van der Waals surface area contributed by atoms with Crippen molar-refractivity contribution in [2.45, 2.75) is 20.3 Å². The summed E-state index contributed by atoms with van der Waals surface area (Å²) >= 11 is 0. The van der Waals surface area contributed by atoms with Crippen LogP contribution < -0.4 is 5.32 Å². The molecular formula is C21H25F2N5O. The van der Waals surface area contributed by atoms with Gasteiger partial charge < -0.3 is 9.88 Å². The Morgan fingerprint density at radius 3 is 2.72 bits per heavy atom. The van der Waals surface area contributed by atoms with Gasteiger partial charge in [-0.3, -0.25) is 9.69 Å². The van der Waals surface area contributed by atoms with Gasteiger partial charge in [0.25, 0.3) is 6.43 Å². The fraction of sp³-hybridized carbons (Fsp3) is 0.381. The Morgan fingerprint density at radius 2 is 2.14 bits per heavy atom. The van der Waals surface area contributed by atoms with E-state index in [4.69, 9.17) is 0 Å². The molecule has 0 unspecified atom stereocenters. The van der Waals surface area contributed by atoms with Crippen LogP contribution in [0.2, 0.25) is 0 Å². The van der Waals surface area contributed by atoms with E-state index in [-0.39, 0.29) is 18.4 Å². The summed E-state index contributed by atoms with van der Waals surface area (Å²) in [7, 11) is 1.96. The largest absolute Gasteiger partial charge is 0.331 e. The Balaban J connectivity index is 1.74. The second-order valence-corrected chi connectivity index (χ2v) is 7.30. The molecule has 1 N–H and O–H groups in total. The van der Waals surface area contributed by atoms with Gasteiger partial charge in [0.15, 0.2) is 0 Å². The number of amides is 1. The number of aromatic nitrogens is 2. The van der Waals surface area contributed by atoms with Crippen LogP contribution in [-0.4, -0.2) is 53.1 Å². The van der Waals surface area contributed by atoms with Gasteiger partial charge in [-0.2, -0.15) is 0 Å². The molecule has 2 aromatic rings. The summed E-state index contributed by atoms with van der Waals surface area (Å²) in [5.41, 5.74) is 3.91. The van der Waals surface area contributed by atoms with E-state index in [0.29, 0.717) is 18.9 Å². The van der Waals surface area contributed by atoms with Gasteiger partial charge in [0, 0.05) is 25.7 Å². The van der Waals surface area contributed by atoms with Gasteiger partial charge in [-0.05, 0) is 43.8 Å². The van der Waals surface area contributed by atoms with E-state index in [2.05, 4.69) is 22.0 Å². The van der Waals surface area contributed by atoms with Crippen LogP contribution in [-0.2, 0) is 11.8 Å². The van der Waals surface area contributed by atoms with Gasteiger partial charge >= 0.3 is 0 Å². The van der Waals surface area contributed by atoms with Gasteiger partial charge in [0.05, 0.1) is 24.4 Å². The zero-order valence-electron chi connectivity index (χ0n) is 16.8. The third-order valence-corrected chi connectivity index (χ3v) is 5.23. The van der Waals surface area contributed by atoms with Gasteiger partial charge in [-0.15, -0.1) is 0 Å². The molecular weight excluding hydrogens is 376 g/mol. The zero-order chi connectivity index (χ0) is 21.1. The predicted molar refractivity (Wildman–Crippen MR) is 110 cm³/mol. The topological polar surface area (TPSA) is 62.5 Å². The molecule has 0 aliphatic carbocycles. The number of hydrogen-bond acceptors (Lipinski definition) is 4. The quantitative estimate of drug-likeness (QED) is 0.726. The van der Waals surface area contributed by atoms with Crippen molar-refractivity contribution in [1.82, 2.24) is 19.8 Å². The molecule has 2 heterocycles. The molecule has 0 atom stereocenters. The molecule has 1 aliphatic heterocycles. The molecule has 8 heteroatoms. The highest BCUT2D eigenvalue weighted by atomic mass is 19.3. The number of alkyl halides is 2. The SMILES string of the molecule is C=N/C(=C\c1cc(-c2cnc(C)n2C)ccc1C)NC(=O)C1CN(CC(F)F)C1. The summed E-state index contributed by atoms with van der Waals surface area (Å²) in [5, 5.41) is 2.75. The third kappa shape index (κ3) is 4.76. The van der Waals surface area contributed by atoms with Gasteiger partial charge in [0.1, 0.15) is 11.6 Å². The Hall–Kier alpha value is -2.87. The Labute approximate surface area is 169 Å². The standard InChI is InChI=1S/C21H25F2N5O/c1-13-5-6-15(18-9-25-14(2)27(18)4)7-16(13)8-20(24-3)26-21(29)17-10-28(11-17)12-19(22)23/h5-9,17,19H,3,10-12H2,1-2,4H3,(H,26,29)/b20-8+. The van der Waals surface area contributed by atoms with Crippen molar-refractivity contribution < 1.29 is 13.6 Å². The minimum Gasteiger partial charge on any atom is -0.331 e. The molecule has 1 fully saturated rings. The van der Waals surface area contributed by atoms with Crippen LogP contribution in [0.5, 0.6) is 0 Å². The Bertz CT molecular complexity index is 945. The summed E-state index contributed by atoms with van der Waals surface area (Å²) < 4.78 is 26.8. The molecule has 154 valence electrons. The number of hydrogen-bond donors (Lipinski definition) is 1. The smallest absolute Gasteiger partial charge is 0.251 e. The predicted octanol–water partition coefficient (Wildman–Crippen LogP) is 3.02. The first kappa shape index (κ1) is 20.9. The molecule has 0 bridgehead atoms. The van der Waals surface area contributed by atoms with Crippen molar-refractivity contribution in [2.75, 3.05) is 19.6 Å². The normalized spacial score (nSPS) is 15.4. The molecule has 1 saturated heterocycles. The van der Waals surface area contributed by atoms with E-state index in [1.54, 1.807) is 11.0 Å². The highest BCUT2D eigenvalue weighted by molar-refractivity contribution is 5.83. The minimum atomic E-state index is -2.39. The van der Waals surface area contributed by atoms with Gasteiger partial charge in [-0.25, -0.2) is 18.8 Å². The van der Waals surface area contributed by atoms with Crippen LogP contribution in [0, 0.1) is 19.8 Å². The number of nitrogens with zero attached hydrogens (tertiary/aromatic N) is 4. The number of nitrogens with one attached hydrogen (secondary N) is 1. The Morgan fingerprint density at radius 1 is 1.41 bits per heavy atom. The van der Waals surface area contributed by atoms with E-state index < -0.39 is 6.43 Å². The van der Waals surface area contributed by atoms with Crippen LogP contribution in [0.4, 0.5) is 8.78 Å². The average Bonchev–Trinajstić information content (AvgIpc) is 2.97. The second-order valence-electron chi connectivity index (χ2n) is 7.30. The lowest BCUT2D eigenvalue weighted by atomic mass is 9.99. The molecule has 1 aromatic heterocycles. The number of carbonyl (C=O) groups is 1. The van der Waals surface area contributed by atoms with Crippen LogP contribution >= 0.6 is 0 Å². The van der Waals surface area contributed by atoms with Crippen molar-refractivity contribution in [3.8, 4) is 11.3 Å². The lowest BCUT2D eigenvalue weighted by Gasteiger charge is -2.37. The zero-order valence-corrected chi connectivity index (χ0v) is 16.8. The fourth-order valence-corrected chi connectivity index (χ4v) is 3.30. The van der Waals surface area contributed by atoms with Crippen molar-refractivity contribution in [2.24, 2.45) is 18.0 Å². The summed E-state index contributed by atoms with van der Waals surface area (Å²) in [6, 6.07) is 6.03. The third-order valence-electron chi connectivity index (χ3n) is 5.23. The lowest BCUT2D eigenvalue weighted by molar-refractivity contribution is -0.130. The van der Waals surface area contributed by atoms with Crippen LogP contribution in [0.15, 0.2) is 35.2 Å². The average molecular weight is 401 g/mol. The monoisotopic (exact) mass is 401 g/mol. The highest BCUT2D eigenvalue weighted by Crippen LogP contribution is 2.24. The van der Waals surface area contributed by atoms with Crippen molar-refractivity contribution in [3.63, 3.8) is 0 Å². The number of benzene rings is 1. The number of halogens is 2. The van der Waals surface area contributed by atoms with E-state index in [0.717, 1.165) is 28.2 Å². The molecule has 29 heavy (non-hydrogen) atoms. The molecule has 0 spiro atoms. The van der Waals surface area contributed by atoms with Crippen molar-refractivity contribution in [3.05, 3.63) is 47.2 Å². The summed E-state index contributed by atoms with van der Waals surface area (Å²) in [6.45, 7) is 7.81. The maximum Gasteiger partial charge on any atom is 0.251 e.